The van der Waals surface area contributed by atoms with Gasteiger partial charge in [-0.3, -0.25) is 9.78 Å². The lowest BCUT2D eigenvalue weighted by Crippen LogP contribution is -1.99. The van der Waals surface area contributed by atoms with E-state index in [0.717, 1.165) is 16.8 Å². The number of anilines is 1. The van der Waals surface area contributed by atoms with E-state index < -0.39 is 0 Å². The smallest absolute Gasteiger partial charge is 0.211 e. The van der Waals surface area contributed by atoms with E-state index in [2.05, 4.69) is 10.3 Å². The van der Waals surface area contributed by atoms with Gasteiger partial charge in [0.2, 0.25) is 5.78 Å². The fraction of sp³-hybridized carbons (Fsp3) is 0. The third-order valence-electron chi connectivity index (χ3n) is 2.70. The second-order valence-corrected chi connectivity index (χ2v) is 3.84. The van der Waals surface area contributed by atoms with Crippen LogP contribution in [0.25, 0.3) is 6.08 Å². The van der Waals surface area contributed by atoms with E-state index >= 15 is 0 Å². The van der Waals surface area contributed by atoms with Crippen molar-refractivity contribution in [3.63, 3.8) is 0 Å². The fourth-order valence-corrected chi connectivity index (χ4v) is 1.87. The second kappa shape index (κ2) is 3.87. The highest BCUT2D eigenvalue weighted by Gasteiger charge is 2.23. The molecule has 1 aliphatic heterocycles. The molecule has 2 aromatic rings. The van der Waals surface area contributed by atoms with Gasteiger partial charge in [0.1, 0.15) is 0 Å². The first-order valence-corrected chi connectivity index (χ1v) is 5.37. The van der Waals surface area contributed by atoms with Crippen molar-refractivity contribution in [3.05, 3.63) is 65.6 Å². The maximum absolute atomic E-state index is 12.1. The van der Waals surface area contributed by atoms with E-state index in [1.807, 2.05) is 42.5 Å². The minimum atomic E-state index is 0.0393. The molecule has 0 aliphatic carbocycles. The van der Waals surface area contributed by atoms with Gasteiger partial charge in [-0.1, -0.05) is 12.1 Å². The standard InChI is InChI=1S/C14H10N2O/c17-14-11-3-1-2-4-12(11)16-13(14)9-10-5-7-15-8-6-10/h1-9,16H/b13-9-. The van der Waals surface area contributed by atoms with Crippen LogP contribution in [0.4, 0.5) is 5.69 Å². The molecule has 0 atom stereocenters. The summed E-state index contributed by atoms with van der Waals surface area (Å²) in [5.74, 6) is 0.0393. The summed E-state index contributed by atoms with van der Waals surface area (Å²) in [5.41, 5.74) is 3.17. The summed E-state index contributed by atoms with van der Waals surface area (Å²) in [6.45, 7) is 0. The monoisotopic (exact) mass is 222 g/mol. The predicted molar refractivity (Wildman–Crippen MR) is 66.6 cm³/mol. The molecular formula is C14H10N2O. The number of pyridine rings is 1. The maximum atomic E-state index is 12.1. The molecule has 0 radical (unpaired) electrons. The summed E-state index contributed by atoms with van der Waals surface area (Å²) < 4.78 is 0. The van der Waals surface area contributed by atoms with Crippen molar-refractivity contribution in [2.75, 3.05) is 5.32 Å². The molecule has 17 heavy (non-hydrogen) atoms. The van der Waals surface area contributed by atoms with Crippen molar-refractivity contribution in [1.29, 1.82) is 0 Å². The summed E-state index contributed by atoms with van der Waals surface area (Å²) >= 11 is 0. The van der Waals surface area contributed by atoms with Crippen LogP contribution in [0, 0.1) is 0 Å². The zero-order chi connectivity index (χ0) is 11.7. The number of para-hydroxylation sites is 1. The lowest BCUT2D eigenvalue weighted by atomic mass is 10.1. The number of allylic oxidation sites excluding steroid dienone is 1. The van der Waals surface area contributed by atoms with Gasteiger partial charge in [-0.05, 0) is 35.9 Å². The van der Waals surface area contributed by atoms with Crippen LogP contribution in [0.1, 0.15) is 15.9 Å². The number of hydrogen-bond donors (Lipinski definition) is 1. The SMILES string of the molecule is O=C1/C(=C/c2ccncc2)Nc2ccccc21. The molecule has 3 heteroatoms. The summed E-state index contributed by atoms with van der Waals surface area (Å²) in [4.78, 5) is 16.0. The normalized spacial score (nSPS) is 15.8. The van der Waals surface area contributed by atoms with E-state index in [9.17, 15) is 4.79 Å². The minimum absolute atomic E-state index is 0.0393. The molecule has 3 rings (SSSR count). The number of benzene rings is 1. The van der Waals surface area contributed by atoms with Crippen molar-refractivity contribution < 1.29 is 4.79 Å². The van der Waals surface area contributed by atoms with Crippen LogP contribution < -0.4 is 5.32 Å². The third-order valence-corrected chi connectivity index (χ3v) is 2.70. The Morgan fingerprint density at radius 3 is 2.59 bits per heavy atom. The molecule has 0 bridgehead atoms. The van der Waals surface area contributed by atoms with E-state index in [4.69, 9.17) is 0 Å². The first kappa shape index (κ1) is 9.78. The molecule has 0 spiro atoms. The van der Waals surface area contributed by atoms with Crippen LogP contribution in [0.5, 0.6) is 0 Å². The molecule has 0 unspecified atom stereocenters. The van der Waals surface area contributed by atoms with Gasteiger partial charge in [0.15, 0.2) is 0 Å². The highest BCUT2D eigenvalue weighted by Crippen LogP contribution is 2.28. The number of nitrogens with zero attached hydrogens (tertiary/aromatic N) is 1. The molecule has 1 aromatic heterocycles. The third kappa shape index (κ3) is 1.72. The van der Waals surface area contributed by atoms with Crippen LogP contribution >= 0.6 is 0 Å². The van der Waals surface area contributed by atoms with Crippen LogP contribution in [0.3, 0.4) is 0 Å². The molecular weight excluding hydrogens is 212 g/mol. The molecule has 0 saturated heterocycles. The van der Waals surface area contributed by atoms with Gasteiger partial charge in [0, 0.05) is 23.6 Å². The average Bonchev–Trinajstić information content (AvgIpc) is 2.68. The Morgan fingerprint density at radius 2 is 1.82 bits per heavy atom. The fourth-order valence-electron chi connectivity index (χ4n) is 1.87. The first-order valence-electron chi connectivity index (χ1n) is 5.37. The van der Waals surface area contributed by atoms with Gasteiger partial charge in [-0.2, -0.15) is 0 Å². The van der Waals surface area contributed by atoms with Gasteiger partial charge in [-0.25, -0.2) is 0 Å². The molecule has 1 aromatic carbocycles. The largest absolute Gasteiger partial charge is 0.352 e. The lowest BCUT2D eigenvalue weighted by molar-refractivity contribution is 0.104. The summed E-state index contributed by atoms with van der Waals surface area (Å²) in [6, 6.07) is 11.2. The average molecular weight is 222 g/mol. The Labute approximate surface area is 98.8 Å². The van der Waals surface area contributed by atoms with Gasteiger partial charge in [0.25, 0.3) is 0 Å². The van der Waals surface area contributed by atoms with E-state index in [1.54, 1.807) is 12.4 Å². The number of fused-ring (bicyclic) bond motifs is 1. The highest BCUT2D eigenvalue weighted by atomic mass is 16.1. The molecule has 3 nitrogen and oxygen atoms in total. The number of carbonyl (C=O) groups is 1. The number of rotatable bonds is 1. The van der Waals surface area contributed by atoms with E-state index in [1.165, 1.54) is 0 Å². The Balaban J connectivity index is 2.00. The molecule has 0 amide bonds. The van der Waals surface area contributed by atoms with Crippen LogP contribution in [0.15, 0.2) is 54.5 Å². The van der Waals surface area contributed by atoms with Crippen molar-refractivity contribution >= 4 is 17.5 Å². The van der Waals surface area contributed by atoms with Crippen LogP contribution in [0.2, 0.25) is 0 Å². The topological polar surface area (TPSA) is 42.0 Å². The summed E-state index contributed by atoms with van der Waals surface area (Å²) in [6.07, 6.45) is 5.25. The van der Waals surface area contributed by atoms with Crippen molar-refractivity contribution in [3.8, 4) is 0 Å². The van der Waals surface area contributed by atoms with Gasteiger partial charge in [-0.15, -0.1) is 0 Å². The zero-order valence-corrected chi connectivity index (χ0v) is 9.05. The Bertz CT molecular complexity index is 603. The Hall–Kier alpha value is -2.42. The molecule has 0 fully saturated rings. The van der Waals surface area contributed by atoms with Gasteiger partial charge < -0.3 is 5.32 Å². The van der Waals surface area contributed by atoms with Crippen molar-refractivity contribution in [2.45, 2.75) is 0 Å². The quantitative estimate of drug-likeness (QED) is 0.754. The number of nitrogens with one attached hydrogen (secondary N) is 1. The molecule has 0 saturated carbocycles. The first-order chi connectivity index (χ1) is 8.34. The minimum Gasteiger partial charge on any atom is -0.352 e. The van der Waals surface area contributed by atoms with Crippen LogP contribution in [-0.4, -0.2) is 10.8 Å². The molecule has 1 aliphatic rings. The van der Waals surface area contributed by atoms with E-state index in [0.29, 0.717) is 5.70 Å². The van der Waals surface area contributed by atoms with E-state index in [-0.39, 0.29) is 5.78 Å². The number of Topliss-reactive ketones (excluding diaryl/α,β-unsaturated/α-hetero) is 1. The predicted octanol–water partition coefficient (Wildman–Crippen LogP) is 2.73. The highest BCUT2D eigenvalue weighted by molar-refractivity contribution is 6.20. The molecule has 82 valence electrons. The van der Waals surface area contributed by atoms with Crippen LogP contribution in [-0.2, 0) is 0 Å². The Kier molecular flexibility index (Phi) is 2.22. The summed E-state index contributed by atoms with van der Waals surface area (Å²) in [5, 5.41) is 3.12. The number of hydrogen-bond acceptors (Lipinski definition) is 3. The van der Waals surface area contributed by atoms with Gasteiger partial charge in [0.05, 0.1) is 5.70 Å². The van der Waals surface area contributed by atoms with Gasteiger partial charge >= 0.3 is 0 Å². The lowest BCUT2D eigenvalue weighted by Gasteiger charge is -1.98. The molecule has 1 N–H and O–H groups in total. The maximum Gasteiger partial charge on any atom is 0.211 e. The Morgan fingerprint density at radius 1 is 1.06 bits per heavy atom. The number of carbonyl (C=O) groups excluding carboxylic acids is 1. The number of aromatic nitrogens is 1. The molecule has 2 heterocycles. The summed E-state index contributed by atoms with van der Waals surface area (Å²) in [7, 11) is 0. The van der Waals surface area contributed by atoms with Crippen molar-refractivity contribution in [2.24, 2.45) is 0 Å². The second-order valence-electron chi connectivity index (χ2n) is 3.84. The van der Waals surface area contributed by atoms with Crippen molar-refractivity contribution in [1.82, 2.24) is 4.98 Å². The number of ketones is 1. The zero-order valence-electron chi connectivity index (χ0n) is 9.05.